The van der Waals surface area contributed by atoms with Gasteiger partial charge in [0.2, 0.25) is 0 Å². The van der Waals surface area contributed by atoms with E-state index in [-0.39, 0.29) is 0 Å². The van der Waals surface area contributed by atoms with Crippen LogP contribution in [0.3, 0.4) is 0 Å². The van der Waals surface area contributed by atoms with Crippen LogP contribution < -0.4 is 9.80 Å². The summed E-state index contributed by atoms with van der Waals surface area (Å²) in [6, 6.07) is 51.7. The quantitative estimate of drug-likeness (QED) is 0.174. The first kappa shape index (κ1) is 28.0. The molecule has 0 spiro atoms. The molecule has 0 saturated carbocycles. The molecule has 4 nitrogen and oxygen atoms in total. The highest BCUT2D eigenvalue weighted by Gasteiger charge is 2.24. The Morgan fingerprint density at radius 1 is 0.396 bits per heavy atom. The Bertz CT molecular complexity index is 2540. The number of para-hydroxylation sites is 1. The standard InChI is InChI=1S/C44H32N4/c1-29-27-37-40(48(42-20-9-11-26-46-42)38-18-12-14-31-13-6-7-17-35(31)38)28-30(2)33-21-22-36-39(24-23-34(29)43(36)44(33)37)47(32-15-4-3-5-16-32)41-19-8-10-25-45-41/h3-28H,1-2H3. The normalized spacial score (nSPS) is 11.5. The van der Waals surface area contributed by atoms with Gasteiger partial charge in [-0.1, -0.05) is 84.9 Å². The Morgan fingerprint density at radius 2 is 0.979 bits per heavy atom. The summed E-state index contributed by atoms with van der Waals surface area (Å²) in [7, 11) is 0. The van der Waals surface area contributed by atoms with Crippen LogP contribution >= 0.6 is 0 Å². The van der Waals surface area contributed by atoms with E-state index >= 15 is 0 Å². The van der Waals surface area contributed by atoms with Gasteiger partial charge in [0.1, 0.15) is 11.6 Å². The van der Waals surface area contributed by atoms with Gasteiger partial charge in [-0.05, 0) is 113 Å². The molecule has 9 rings (SSSR count). The fourth-order valence-electron chi connectivity index (χ4n) is 7.40. The van der Waals surface area contributed by atoms with Crippen molar-refractivity contribution in [3.8, 4) is 0 Å². The number of nitrogens with zero attached hydrogens (tertiary/aromatic N) is 4. The number of pyridine rings is 2. The van der Waals surface area contributed by atoms with Crippen molar-refractivity contribution in [2.24, 2.45) is 0 Å². The van der Waals surface area contributed by atoms with E-state index in [1.807, 2.05) is 30.6 Å². The summed E-state index contributed by atoms with van der Waals surface area (Å²) in [5.74, 6) is 1.76. The summed E-state index contributed by atoms with van der Waals surface area (Å²) < 4.78 is 0. The lowest BCUT2D eigenvalue weighted by molar-refractivity contribution is 1.19. The molecule has 0 aliphatic rings. The van der Waals surface area contributed by atoms with Crippen molar-refractivity contribution in [1.82, 2.24) is 9.97 Å². The summed E-state index contributed by atoms with van der Waals surface area (Å²) in [6.07, 6.45) is 3.74. The van der Waals surface area contributed by atoms with Crippen LogP contribution in [0.2, 0.25) is 0 Å². The number of aryl methyl sites for hydroxylation is 2. The van der Waals surface area contributed by atoms with Crippen LogP contribution in [0.1, 0.15) is 11.1 Å². The van der Waals surface area contributed by atoms with Gasteiger partial charge in [-0.25, -0.2) is 9.97 Å². The number of fused-ring (bicyclic) bond motifs is 1. The topological polar surface area (TPSA) is 32.3 Å². The molecular formula is C44H32N4. The van der Waals surface area contributed by atoms with Crippen LogP contribution in [-0.2, 0) is 0 Å². The van der Waals surface area contributed by atoms with Crippen molar-refractivity contribution < 1.29 is 0 Å². The summed E-state index contributed by atoms with van der Waals surface area (Å²) in [4.78, 5) is 14.3. The molecule has 0 radical (unpaired) electrons. The third-order valence-electron chi connectivity index (χ3n) is 9.53. The van der Waals surface area contributed by atoms with E-state index in [4.69, 9.17) is 9.97 Å². The van der Waals surface area contributed by atoms with Crippen molar-refractivity contribution in [1.29, 1.82) is 0 Å². The predicted molar refractivity (Wildman–Crippen MR) is 202 cm³/mol. The van der Waals surface area contributed by atoms with Gasteiger partial charge in [-0.2, -0.15) is 0 Å². The van der Waals surface area contributed by atoms with Crippen molar-refractivity contribution >= 4 is 77.5 Å². The summed E-state index contributed by atoms with van der Waals surface area (Å²) in [6.45, 7) is 4.46. The summed E-state index contributed by atoms with van der Waals surface area (Å²) in [5, 5.41) is 9.81. The number of rotatable bonds is 6. The Balaban J connectivity index is 1.39. The van der Waals surface area contributed by atoms with Crippen molar-refractivity contribution in [3.05, 3.63) is 169 Å². The second-order valence-electron chi connectivity index (χ2n) is 12.4. The SMILES string of the molecule is Cc1cc2c(N(c3ccccn3)c3cccc4ccccc34)cc(C)c3ccc4c(N(c5ccccc5)c5ccccn5)ccc1c4c32. The minimum absolute atomic E-state index is 0.879. The highest BCUT2D eigenvalue weighted by Crippen LogP contribution is 2.49. The molecule has 0 unspecified atom stereocenters. The first-order valence-electron chi connectivity index (χ1n) is 16.3. The molecule has 0 atom stereocenters. The fourth-order valence-corrected chi connectivity index (χ4v) is 7.40. The molecule has 9 aromatic rings. The van der Waals surface area contributed by atoms with Crippen LogP contribution in [0.5, 0.6) is 0 Å². The maximum absolute atomic E-state index is 4.92. The average Bonchev–Trinajstić information content (AvgIpc) is 3.14. The Labute approximate surface area is 279 Å². The maximum Gasteiger partial charge on any atom is 0.137 e. The minimum atomic E-state index is 0.879. The zero-order valence-electron chi connectivity index (χ0n) is 26.8. The molecule has 2 aromatic heterocycles. The van der Waals surface area contributed by atoms with E-state index < -0.39 is 0 Å². The van der Waals surface area contributed by atoms with Gasteiger partial charge >= 0.3 is 0 Å². The lowest BCUT2D eigenvalue weighted by atomic mass is 9.88. The molecule has 0 aliphatic heterocycles. The van der Waals surface area contributed by atoms with Gasteiger partial charge in [-0.15, -0.1) is 0 Å². The molecule has 0 aliphatic carbocycles. The van der Waals surface area contributed by atoms with Crippen LogP contribution in [0.15, 0.2) is 158 Å². The number of benzene rings is 7. The van der Waals surface area contributed by atoms with E-state index in [2.05, 4.69) is 151 Å². The molecule has 0 fully saturated rings. The first-order valence-corrected chi connectivity index (χ1v) is 16.3. The van der Waals surface area contributed by atoms with E-state index in [0.717, 1.165) is 34.4 Å². The molecule has 0 saturated heterocycles. The van der Waals surface area contributed by atoms with E-state index in [9.17, 15) is 0 Å². The van der Waals surface area contributed by atoms with E-state index in [1.165, 1.54) is 54.2 Å². The summed E-state index contributed by atoms with van der Waals surface area (Å²) in [5.41, 5.74) is 6.84. The van der Waals surface area contributed by atoms with Gasteiger partial charge < -0.3 is 0 Å². The minimum Gasteiger partial charge on any atom is -0.294 e. The highest BCUT2D eigenvalue weighted by atomic mass is 15.2. The molecule has 0 bridgehead atoms. The Kier molecular flexibility index (Phi) is 6.54. The second kappa shape index (κ2) is 11.2. The summed E-state index contributed by atoms with van der Waals surface area (Å²) >= 11 is 0. The Morgan fingerprint density at radius 3 is 1.73 bits per heavy atom. The maximum atomic E-state index is 4.92. The van der Waals surface area contributed by atoms with Gasteiger partial charge in [0, 0.05) is 34.2 Å². The molecule has 0 N–H and O–H groups in total. The molecule has 7 aromatic carbocycles. The van der Waals surface area contributed by atoms with Crippen molar-refractivity contribution in [2.75, 3.05) is 9.80 Å². The molecule has 4 heteroatoms. The average molecular weight is 617 g/mol. The van der Waals surface area contributed by atoms with Crippen LogP contribution in [0.25, 0.3) is 43.1 Å². The molecule has 2 heterocycles. The van der Waals surface area contributed by atoms with Gasteiger partial charge in [0.25, 0.3) is 0 Å². The van der Waals surface area contributed by atoms with E-state index in [1.54, 1.807) is 0 Å². The number of aromatic nitrogens is 2. The lowest BCUT2D eigenvalue weighted by Crippen LogP contribution is -2.13. The highest BCUT2D eigenvalue weighted by molar-refractivity contribution is 6.29. The van der Waals surface area contributed by atoms with Gasteiger partial charge in [-0.3, -0.25) is 9.80 Å². The second-order valence-corrected chi connectivity index (χ2v) is 12.4. The monoisotopic (exact) mass is 616 g/mol. The molecule has 0 amide bonds. The van der Waals surface area contributed by atoms with Crippen LogP contribution in [0.4, 0.5) is 34.4 Å². The number of anilines is 6. The van der Waals surface area contributed by atoms with Crippen molar-refractivity contribution in [2.45, 2.75) is 13.8 Å². The van der Waals surface area contributed by atoms with Gasteiger partial charge in [0.15, 0.2) is 0 Å². The zero-order valence-corrected chi connectivity index (χ0v) is 26.8. The Hall–Kier alpha value is -6.26. The van der Waals surface area contributed by atoms with Crippen LogP contribution in [-0.4, -0.2) is 9.97 Å². The smallest absolute Gasteiger partial charge is 0.137 e. The molecule has 228 valence electrons. The number of hydrogen-bond donors (Lipinski definition) is 0. The third kappa shape index (κ3) is 4.38. The molecular weight excluding hydrogens is 585 g/mol. The predicted octanol–water partition coefficient (Wildman–Crippen LogP) is 12.1. The van der Waals surface area contributed by atoms with Gasteiger partial charge in [0.05, 0.1) is 17.1 Å². The van der Waals surface area contributed by atoms with Crippen LogP contribution in [0, 0.1) is 13.8 Å². The third-order valence-corrected chi connectivity index (χ3v) is 9.53. The fraction of sp³-hybridized carbons (Fsp3) is 0.0455. The van der Waals surface area contributed by atoms with Crippen molar-refractivity contribution in [3.63, 3.8) is 0 Å². The molecule has 48 heavy (non-hydrogen) atoms. The largest absolute Gasteiger partial charge is 0.294 e. The number of hydrogen-bond acceptors (Lipinski definition) is 4. The van der Waals surface area contributed by atoms with E-state index in [0.29, 0.717) is 0 Å². The first-order chi connectivity index (χ1) is 23.7. The zero-order chi connectivity index (χ0) is 32.2. The lowest BCUT2D eigenvalue weighted by Gasteiger charge is -2.30.